The van der Waals surface area contributed by atoms with E-state index in [0.29, 0.717) is 5.82 Å². The van der Waals surface area contributed by atoms with E-state index >= 15 is 0 Å². The van der Waals surface area contributed by atoms with Crippen LogP contribution in [-0.4, -0.2) is 15.7 Å². The maximum absolute atomic E-state index is 5.92. The first kappa shape index (κ1) is 11.5. The molecule has 2 N–H and O–H groups in total. The molecule has 0 amide bonds. The third-order valence-corrected chi connectivity index (χ3v) is 2.48. The van der Waals surface area contributed by atoms with Crippen LogP contribution in [0.5, 0.6) is 5.75 Å². The molecule has 0 aliphatic rings. The van der Waals surface area contributed by atoms with Gasteiger partial charge in [0.15, 0.2) is 0 Å². The minimum atomic E-state index is 0.181. The standard InChI is InChI=1S/C13H17N3O/c1-9(2)17-11-6-4-10(5-7-11)12-13(14)16(3)8-15-12/h4-9H,14H2,1-3H3. The Morgan fingerprint density at radius 3 is 2.35 bits per heavy atom. The van der Waals surface area contributed by atoms with E-state index < -0.39 is 0 Å². The Balaban J connectivity index is 2.26. The van der Waals surface area contributed by atoms with Gasteiger partial charge in [-0.2, -0.15) is 0 Å². The van der Waals surface area contributed by atoms with Gasteiger partial charge in [-0.25, -0.2) is 4.98 Å². The average Bonchev–Trinajstić information content (AvgIpc) is 2.60. The summed E-state index contributed by atoms with van der Waals surface area (Å²) in [6.45, 7) is 4.01. The fraction of sp³-hybridized carbons (Fsp3) is 0.308. The van der Waals surface area contributed by atoms with Crippen LogP contribution in [0.1, 0.15) is 13.8 Å². The molecular formula is C13H17N3O. The predicted octanol–water partition coefficient (Wildman–Crippen LogP) is 2.46. The van der Waals surface area contributed by atoms with Gasteiger partial charge in [-0.15, -0.1) is 0 Å². The minimum Gasteiger partial charge on any atom is -0.491 e. The first-order valence-electron chi connectivity index (χ1n) is 5.62. The summed E-state index contributed by atoms with van der Waals surface area (Å²) in [5.74, 6) is 1.53. The maximum Gasteiger partial charge on any atom is 0.131 e. The first-order valence-corrected chi connectivity index (χ1v) is 5.62. The summed E-state index contributed by atoms with van der Waals surface area (Å²) in [5, 5.41) is 0. The predicted molar refractivity (Wildman–Crippen MR) is 68.8 cm³/mol. The van der Waals surface area contributed by atoms with E-state index in [0.717, 1.165) is 17.0 Å². The Morgan fingerprint density at radius 2 is 1.88 bits per heavy atom. The van der Waals surface area contributed by atoms with Crippen LogP contribution in [0.25, 0.3) is 11.3 Å². The normalized spacial score (nSPS) is 10.8. The van der Waals surface area contributed by atoms with Crippen LogP contribution in [0, 0.1) is 0 Å². The van der Waals surface area contributed by atoms with E-state index in [2.05, 4.69) is 4.98 Å². The Morgan fingerprint density at radius 1 is 1.24 bits per heavy atom. The second-order valence-electron chi connectivity index (χ2n) is 4.28. The molecule has 0 bridgehead atoms. The molecule has 0 unspecified atom stereocenters. The fourth-order valence-electron chi connectivity index (χ4n) is 1.63. The second-order valence-corrected chi connectivity index (χ2v) is 4.28. The summed E-state index contributed by atoms with van der Waals surface area (Å²) >= 11 is 0. The van der Waals surface area contributed by atoms with Gasteiger partial charge in [-0.05, 0) is 38.1 Å². The zero-order chi connectivity index (χ0) is 12.4. The average molecular weight is 231 g/mol. The highest BCUT2D eigenvalue weighted by molar-refractivity contribution is 5.70. The number of hydrogen-bond donors (Lipinski definition) is 1. The van der Waals surface area contributed by atoms with Crippen LogP contribution >= 0.6 is 0 Å². The van der Waals surface area contributed by atoms with Crippen molar-refractivity contribution < 1.29 is 4.74 Å². The lowest BCUT2D eigenvalue weighted by Crippen LogP contribution is -2.05. The van der Waals surface area contributed by atoms with Crippen molar-refractivity contribution in [1.29, 1.82) is 0 Å². The van der Waals surface area contributed by atoms with E-state index in [4.69, 9.17) is 10.5 Å². The number of rotatable bonds is 3. The van der Waals surface area contributed by atoms with E-state index in [1.54, 1.807) is 10.9 Å². The quantitative estimate of drug-likeness (QED) is 0.882. The molecule has 1 aromatic carbocycles. The lowest BCUT2D eigenvalue weighted by molar-refractivity contribution is 0.242. The van der Waals surface area contributed by atoms with E-state index in [9.17, 15) is 0 Å². The minimum absolute atomic E-state index is 0.181. The van der Waals surface area contributed by atoms with Crippen LogP contribution in [0.3, 0.4) is 0 Å². The van der Waals surface area contributed by atoms with Gasteiger partial charge < -0.3 is 15.0 Å². The summed E-state index contributed by atoms with van der Waals surface area (Å²) in [6, 6.07) is 7.81. The number of anilines is 1. The molecule has 0 atom stereocenters. The van der Waals surface area contributed by atoms with Gasteiger partial charge in [-0.3, -0.25) is 0 Å². The topological polar surface area (TPSA) is 53.1 Å². The van der Waals surface area contributed by atoms with Gasteiger partial charge in [0.05, 0.1) is 12.4 Å². The van der Waals surface area contributed by atoms with E-state index in [1.807, 2.05) is 45.2 Å². The molecular weight excluding hydrogens is 214 g/mol. The molecule has 4 nitrogen and oxygen atoms in total. The van der Waals surface area contributed by atoms with Gasteiger partial charge in [0, 0.05) is 12.6 Å². The van der Waals surface area contributed by atoms with E-state index in [-0.39, 0.29) is 6.10 Å². The van der Waals surface area contributed by atoms with Crippen molar-refractivity contribution in [3.05, 3.63) is 30.6 Å². The van der Waals surface area contributed by atoms with Crippen molar-refractivity contribution in [3.63, 3.8) is 0 Å². The SMILES string of the molecule is CC(C)Oc1ccc(-c2ncn(C)c2N)cc1. The number of aromatic nitrogens is 2. The monoisotopic (exact) mass is 231 g/mol. The molecule has 0 spiro atoms. The second kappa shape index (κ2) is 4.49. The number of aryl methyl sites for hydroxylation is 1. The molecule has 0 fully saturated rings. The van der Waals surface area contributed by atoms with Crippen LogP contribution in [0.2, 0.25) is 0 Å². The molecule has 90 valence electrons. The Labute approximate surface area is 101 Å². The van der Waals surface area contributed by atoms with Crippen molar-refractivity contribution in [2.45, 2.75) is 20.0 Å². The van der Waals surface area contributed by atoms with E-state index in [1.165, 1.54) is 0 Å². The lowest BCUT2D eigenvalue weighted by Gasteiger charge is -2.09. The molecule has 0 saturated carbocycles. The Hall–Kier alpha value is -1.97. The summed E-state index contributed by atoms with van der Waals surface area (Å²) in [6.07, 6.45) is 1.89. The third kappa shape index (κ3) is 2.41. The smallest absolute Gasteiger partial charge is 0.131 e. The number of imidazole rings is 1. The largest absolute Gasteiger partial charge is 0.491 e. The number of ether oxygens (including phenoxy) is 1. The molecule has 0 aliphatic carbocycles. The summed E-state index contributed by atoms with van der Waals surface area (Å²) in [7, 11) is 1.88. The van der Waals surface area contributed by atoms with Crippen molar-refractivity contribution in [2.75, 3.05) is 5.73 Å². The maximum atomic E-state index is 5.92. The first-order chi connectivity index (χ1) is 8.08. The summed E-state index contributed by atoms with van der Waals surface area (Å²) in [5.41, 5.74) is 7.73. The molecule has 4 heteroatoms. The fourth-order valence-corrected chi connectivity index (χ4v) is 1.63. The molecule has 17 heavy (non-hydrogen) atoms. The van der Waals surface area contributed by atoms with Gasteiger partial charge in [-0.1, -0.05) is 0 Å². The van der Waals surface area contributed by atoms with Gasteiger partial charge in [0.1, 0.15) is 17.3 Å². The molecule has 1 heterocycles. The van der Waals surface area contributed by atoms with Crippen molar-refractivity contribution in [1.82, 2.24) is 9.55 Å². The number of hydrogen-bond acceptors (Lipinski definition) is 3. The Kier molecular flexibility index (Phi) is 3.04. The molecule has 0 saturated heterocycles. The van der Waals surface area contributed by atoms with Crippen LogP contribution in [-0.2, 0) is 7.05 Å². The molecule has 0 radical (unpaired) electrons. The third-order valence-electron chi connectivity index (χ3n) is 2.48. The highest BCUT2D eigenvalue weighted by Crippen LogP contribution is 2.25. The van der Waals surface area contributed by atoms with Gasteiger partial charge >= 0.3 is 0 Å². The summed E-state index contributed by atoms with van der Waals surface area (Å²) in [4.78, 5) is 4.27. The molecule has 2 rings (SSSR count). The molecule has 2 aromatic rings. The number of nitrogen functional groups attached to an aromatic ring is 1. The highest BCUT2D eigenvalue weighted by Gasteiger charge is 2.07. The van der Waals surface area contributed by atoms with Crippen molar-refractivity contribution in [3.8, 4) is 17.0 Å². The zero-order valence-corrected chi connectivity index (χ0v) is 10.3. The van der Waals surface area contributed by atoms with Crippen LogP contribution < -0.4 is 10.5 Å². The van der Waals surface area contributed by atoms with Crippen molar-refractivity contribution >= 4 is 5.82 Å². The number of nitrogens with two attached hydrogens (primary N) is 1. The van der Waals surface area contributed by atoms with Crippen LogP contribution in [0.4, 0.5) is 5.82 Å². The van der Waals surface area contributed by atoms with Gasteiger partial charge in [0.25, 0.3) is 0 Å². The number of benzene rings is 1. The number of nitrogens with zero attached hydrogens (tertiary/aromatic N) is 2. The van der Waals surface area contributed by atoms with Crippen LogP contribution in [0.15, 0.2) is 30.6 Å². The molecule has 0 aliphatic heterocycles. The van der Waals surface area contributed by atoms with Crippen molar-refractivity contribution in [2.24, 2.45) is 7.05 Å². The Bertz CT molecular complexity index is 500. The lowest BCUT2D eigenvalue weighted by atomic mass is 10.1. The van der Waals surface area contributed by atoms with Gasteiger partial charge in [0.2, 0.25) is 0 Å². The highest BCUT2D eigenvalue weighted by atomic mass is 16.5. The molecule has 1 aromatic heterocycles. The zero-order valence-electron chi connectivity index (χ0n) is 10.3. The summed E-state index contributed by atoms with van der Waals surface area (Å²) < 4.78 is 7.38.